The molecule has 2 atom stereocenters. The number of carbonyl (C=O) groups excluding carboxylic acids is 3. The zero-order valence-electron chi connectivity index (χ0n) is 12.4. The van der Waals surface area contributed by atoms with Gasteiger partial charge in [0.2, 0.25) is 5.91 Å². The van der Waals surface area contributed by atoms with E-state index in [4.69, 9.17) is 4.74 Å². The number of ether oxygens (including phenoxy) is 1. The molecule has 0 aromatic heterocycles. The zero-order valence-corrected chi connectivity index (χ0v) is 12.4. The Hall–Kier alpha value is -1.92. The van der Waals surface area contributed by atoms with Gasteiger partial charge in [-0.3, -0.25) is 9.59 Å². The van der Waals surface area contributed by atoms with Crippen molar-refractivity contribution in [2.45, 2.75) is 33.1 Å². The van der Waals surface area contributed by atoms with Gasteiger partial charge in [-0.25, -0.2) is 10.2 Å². The Morgan fingerprint density at radius 1 is 1.29 bits per heavy atom. The number of nitrogens with one attached hydrogen (secondary N) is 1. The molecule has 1 fully saturated rings. The van der Waals surface area contributed by atoms with Gasteiger partial charge in [0.05, 0.1) is 0 Å². The topological polar surface area (TPSA) is 88.1 Å². The quantitative estimate of drug-likeness (QED) is 0.759. The number of amides is 2. The van der Waals surface area contributed by atoms with E-state index in [2.05, 4.69) is 24.4 Å². The molecule has 0 spiro atoms. The molecule has 2 amide bonds. The summed E-state index contributed by atoms with van der Waals surface area (Å²) in [6, 6.07) is 0. The first-order valence-corrected chi connectivity index (χ1v) is 7.26. The number of rotatable bonds is 3. The smallest absolute Gasteiger partial charge is 0.355 e. The average Bonchev–Trinajstić information content (AvgIpc) is 2.44. The number of esters is 1. The van der Waals surface area contributed by atoms with Crippen LogP contribution in [0.2, 0.25) is 0 Å². The molecule has 21 heavy (non-hydrogen) atoms. The molecule has 0 bridgehead atoms. The summed E-state index contributed by atoms with van der Waals surface area (Å²) < 4.78 is 4.99. The number of likely N-dealkylation sites (tertiary alicyclic amines) is 1. The predicted octanol–water partition coefficient (Wildman–Crippen LogP) is 0.300. The summed E-state index contributed by atoms with van der Waals surface area (Å²) in [5.41, 5.74) is 2.38. The fourth-order valence-corrected chi connectivity index (χ4v) is 2.79. The number of hydrogen-bond acceptors (Lipinski definition) is 5. The second-order valence-corrected chi connectivity index (χ2v) is 5.91. The summed E-state index contributed by atoms with van der Waals surface area (Å²) in [7, 11) is 0. The fraction of sp³-hybridized carbons (Fsp3) is 0.714. The van der Waals surface area contributed by atoms with Crippen molar-refractivity contribution in [2.75, 3.05) is 19.7 Å². The molecule has 0 aromatic rings. The zero-order chi connectivity index (χ0) is 15.4. The number of hydrogen-bond donors (Lipinski definition) is 1. The lowest BCUT2D eigenvalue weighted by Crippen LogP contribution is -2.44. The minimum Gasteiger partial charge on any atom is -0.451 e. The maximum Gasteiger partial charge on any atom is 0.355 e. The normalized spacial score (nSPS) is 25.9. The van der Waals surface area contributed by atoms with Crippen molar-refractivity contribution in [2.24, 2.45) is 16.9 Å². The van der Waals surface area contributed by atoms with E-state index >= 15 is 0 Å². The van der Waals surface area contributed by atoms with E-state index in [9.17, 15) is 14.4 Å². The molecule has 1 saturated heterocycles. The van der Waals surface area contributed by atoms with E-state index in [0.29, 0.717) is 24.9 Å². The minimum absolute atomic E-state index is 0.155. The van der Waals surface area contributed by atoms with Crippen LogP contribution in [0.5, 0.6) is 0 Å². The molecule has 2 unspecified atom stereocenters. The van der Waals surface area contributed by atoms with E-state index in [0.717, 1.165) is 6.42 Å². The number of carbonyl (C=O) groups is 3. The largest absolute Gasteiger partial charge is 0.451 e. The first-order chi connectivity index (χ1) is 9.95. The SMILES string of the molecule is CC1CC(C)CN(C(=O)COC(=O)C2=NNC(=O)CC2)C1. The van der Waals surface area contributed by atoms with Gasteiger partial charge in [0.15, 0.2) is 6.61 Å². The van der Waals surface area contributed by atoms with Gasteiger partial charge in [-0.05, 0) is 18.3 Å². The Kier molecular flexibility index (Phi) is 4.93. The van der Waals surface area contributed by atoms with Crippen LogP contribution in [0.4, 0.5) is 0 Å². The first kappa shape index (κ1) is 15.5. The van der Waals surface area contributed by atoms with Crippen LogP contribution in [-0.4, -0.2) is 48.1 Å². The van der Waals surface area contributed by atoms with E-state index in [-0.39, 0.29) is 37.0 Å². The van der Waals surface area contributed by atoms with Crippen LogP contribution in [-0.2, 0) is 19.1 Å². The molecule has 2 aliphatic rings. The molecule has 2 aliphatic heterocycles. The van der Waals surface area contributed by atoms with E-state index < -0.39 is 5.97 Å². The highest BCUT2D eigenvalue weighted by Gasteiger charge is 2.27. The van der Waals surface area contributed by atoms with Crippen LogP contribution in [0.25, 0.3) is 0 Å². The van der Waals surface area contributed by atoms with Crippen molar-refractivity contribution < 1.29 is 19.1 Å². The molecular weight excluding hydrogens is 274 g/mol. The summed E-state index contributed by atoms with van der Waals surface area (Å²) in [6.45, 7) is 5.36. The highest BCUT2D eigenvalue weighted by molar-refractivity contribution is 6.37. The lowest BCUT2D eigenvalue weighted by Gasteiger charge is -2.34. The molecule has 7 nitrogen and oxygen atoms in total. The molecule has 0 aliphatic carbocycles. The van der Waals surface area contributed by atoms with Crippen molar-refractivity contribution in [1.82, 2.24) is 10.3 Å². The van der Waals surface area contributed by atoms with Crippen molar-refractivity contribution in [3.8, 4) is 0 Å². The van der Waals surface area contributed by atoms with Crippen LogP contribution < -0.4 is 5.43 Å². The lowest BCUT2D eigenvalue weighted by atomic mass is 9.92. The molecular formula is C14H21N3O4. The van der Waals surface area contributed by atoms with E-state index in [1.807, 2.05) is 0 Å². The van der Waals surface area contributed by atoms with Crippen molar-refractivity contribution >= 4 is 23.5 Å². The number of nitrogens with zero attached hydrogens (tertiary/aromatic N) is 2. The van der Waals surface area contributed by atoms with Gasteiger partial charge < -0.3 is 9.64 Å². The van der Waals surface area contributed by atoms with Gasteiger partial charge in [0.25, 0.3) is 5.91 Å². The van der Waals surface area contributed by atoms with Crippen LogP contribution in [0.15, 0.2) is 5.10 Å². The van der Waals surface area contributed by atoms with Gasteiger partial charge in [0, 0.05) is 25.9 Å². The van der Waals surface area contributed by atoms with Gasteiger partial charge in [-0.1, -0.05) is 13.8 Å². The molecule has 0 radical (unpaired) electrons. The molecule has 2 rings (SSSR count). The Bertz CT molecular complexity index is 465. The summed E-state index contributed by atoms with van der Waals surface area (Å²) in [5, 5.41) is 3.64. The third kappa shape index (κ3) is 4.27. The van der Waals surface area contributed by atoms with E-state index in [1.165, 1.54) is 0 Å². The molecule has 0 saturated carbocycles. The fourth-order valence-electron chi connectivity index (χ4n) is 2.79. The monoisotopic (exact) mass is 295 g/mol. The second-order valence-electron chi connectivity index (χ2n) is 5.91. The number of piperidine rings is 1. The predicted molar refractivity (Wildman–Crippen MR) is 75.3 cm³/mol. The third-order valence-electron chi connectivity index (χ3n) is 3.69. The maximum absolute atomic E-state index is 12.1. The molecule has 7 heteroatoms. The summed E-state index contributed by atoms with van der Waals surface area (Å²) in [4.78, 5) is 36.5. The lowest BCUT2D eigenvalue weighted by molar-refractivity contribution is -0.148. The minimum atomic E-state index is -0.638. The molecule has 0 aromatic carbocycles. The van der Waals surface area contributed by atoms with Crippen molar-refractivity contribution in [3.63, 3.8) is 0 Å². The first-order valence-electron chi connectivity index (χ1n) is 7.26. The van der Waals surface area contributed by atoms with Crippen LogP contribution in [0, 0.1) is 11.8 Å². The Labute approximate surface area is 123 Å². The second kappa shape index (κ2) is 6.69. The van der Waals surface area contributed by atoms with E-state index in [1.54, 1.807) is 4.90 Å². The summed E-state index contributed by atoms with van der Waals surface area (Å²) in [5.74, 6) is -0.111. The van der Waals surface area contributed by atoms with Gasteiger partial charge in [0.1, 0.15) is 5.71 Å². The van der Waals surface area contributed by atoms with Gasteiger partial charge in [-0.15, -0.1) is 0 Å². The summed E-state index contributed by atoms with van der Waals surface area (Å²) in [6.07, 6.45) is 1.57. The Morgan fingerprint density at radius 2 is 1.95 bits per heavy atom. The van der Waals surface area contributed by atoms with Gasteiger partial charge in [-0.2, -0.15) is 5.10 Å². The van der Waals surface area contributed by atoms with Crippen molar-refractivity contribution in [3.05, 3.63) is 0 Å². The van der Waals surface area contributed by atoms with Crippen LogP contribution in [0.1, 0.15) is 33.1 Å². The maximum atomic E-state index is 12.1. The van der Waals surface area contributed by atoms with Crippen LogP contribution in [0.3, 0.4) is 0 Å². The Morgan fingerprint density at radius 3 is 2.52 bits per heavy atom. The van der Waals surface area contributed by atoms with Crippen molar-refractivity contribution in [1.29, 1.82) is 0 Å². The van der Waals surface area contributed by atoms with Crippen LogP contribution >= 0.6 is 0 Å². The van der Waals surface area contributed by atoms with Gasteiger partial charge >= 0.3 is 5.97 Å². The Balaban J connectivity index is 1.81. The standard InChI is InChI=1S/C14H21N3O4/c1-9-5-10(2)7-17(6-9)13(19)8-21-14(20)11-3-4-12(18)16-15-11/h9-10H,3-8H2,1-2H3,(H,16,18). The highest BCUT2D eigenvalue weighted by atomic mass is 16.5. The summed E-state index contributed by atoms with van der Waals surface area (Å²) >= 11 is 0. The molecule has 1 N–H and O–H groups in total. The third-order valence-corrected chi connectivity index (χ3v) is 3.69. The molecule has 116 valence electrons. The highest BCUT2D eigenvalue weighted by Crippen LogP contribution is 2.20. The average molecular weight is 295 g/mol. The number of hydrazone groups is 1. The molecule has 2 heterocycles.